The van der Waals surface area contributed by atoms with Crippen molar-refractivity contribution >= 4 is 23.7 Å². The summed E-state index contributed by atoms with van der Waals surface area (Å²) in [6.07, 6.45) is 3.48. The van der Waals surface area contributed by atoms with Crippen LogP contribution in [0.15, 0.2) is 0 Å². The van der Waals surface area contributed by atoms with Crippen LogP contribution >= 0.6 is 11.8 Å². The van der Waals surface area contributed by atoms with Gasteiger partial charge in [-0.1, -0.05) is 6.42 Å². The van der Waals surface area contributed by atoms with Gasteiger partial charge in [0, 0.05) is 30.5 Å². The number of hydrogen-bond acceptors (Lipinski definition) is 5. The van der Waals surface area contributed by atoms with E-state index in [1.54, 1.807) is 0 Å². The Hall–Kier alpha value is -0.990. The SMILES string of the molecule is NCCOCCNC(=O)CCCCC1SCC2NC(=O)NC21. The number of rotatable bonds is 10. The van der Waals surface area contributed by atoms with E-state index in [1.165, 1.54) is 0 Å². The maximum Gasteiger partial charge on any atom is 0.315 e. The summed E-state index contributed by atoms with van der Waals surface area (Å²) < 4.78 is 5.19. The molecule has 0 aliphatic carbocycles. The van der Waals surface area contributed by atoms with Gasteiger partial charge >= 0.3 is 6.03 Å². The zero-order valence-electron chi connectivity index (χ0n) is 12.8. The highest BCUT2D eigenvalue weighted by Gasteiger charge is 2.42. The van der Waals surface area contributed by atoms with E-state index in [0.29, 0.717) is 38.0 Å². The fourth-order valence-corrected chi connectivity index (χ4v) is 4.35. The third-order valence-electron chi connectivity index (χ3n) is 3.91. The Morgan fingerprint density at radius 2 is 2.23 bits per heavy atom. The lowest BCUT2D eigenvalue weighted by molar-refractivity contribution is -0.121. The minimum absolute atomic E-state index is 0.0449. The van der Waals surface area contributed by atoms with Gasteiger partial charge in [0.25, 0.3) is 0 Å². The average molecular weight is 330 g/mol. The summed E-state index contributed by atoms with van der Waals surface area (Å²) in [5, 5.41) is 9.23. The number of thioether (sulfide) groups is 1. The molecule has 2 aliphatic rings. The summed E-state index contributed by atoms with van der Waals surface area (Å²) in [6, 6.07) is 0.488. The molecule has 5 N–H and O–H groups in total. The Bertz CT molecular complexity index is 383. The number of fused-ring (bicyclic) bond motifs is 1. The molecule has 126 valence electrons. The van der Waals surface area contributed by atoms with Crippen molar-refractivity contribution in [2.45, 2.75) is 43.0 Å². The van der Waals surface area contributed by atoms with Gasteiger partial charge in [0.2, 0.25) is 5.91 Å². The van der Waals surface area contributed by atoms with Crippen molar-refractivity contribution in [3.05, 3.63) is 0 Å². The molecule has 8 heteroatoms. The Labute approximate surface area is 135 Å². The Kier molecular flexibility index (Phi) is 7.28. The largest absolute Gasteiger partial charge is 0.378 e. The fraction of sp³-hybridized carbons (Fsp3) is 0.857. The molecule has 0 aromatic carbocycles. The smallest absolute Gasteiger partial charge is 0.315 e. The van der Waals surface area contributed by atoms with Gasteiger partial charge in [-0.3, -0.25) is 4.79 Å². The van der Waals surface area contributed by atoms with E-state index in [4.69, 9.17) is 10.5 Å². The predicted molar refractivity (Wildman–Crippen MR) is 86.8 cm³/mol. The molecule has 22 heavy (non-hydrogen) atoms. The van der Waals surface area contributed by atoms with Crippen molar-refractivity contribution in [3.8, 4) is 0 Å². The molecule has 0 aromatic rings. The Morgan fingerprint density at radius 3 is 3.05 bits per heavy atom. The van der Waals surface area contributed by atoms with Crippen LogP contribution in [0, 0.1) is 0 Å². The van der Waals surface area contributed by atoms with Crippen LogP contribution in [0.2, 0.25) is 0 Å². The van der Waals surface area contributed by atoms with Crippen LogP contribution < -0.4 is 21.7 Å². The van der Waals surface area contributed by atoms with Crippen LogP contribution in [-0.4, -0.2) is 61.3 Å². The molecule has 3 atom stereocenters. The molecule has 2 aliphatic heterocycles. The van der Waals surface area contributed by atoms with E-state index in [9.17, 15) is 9.59 Å². The topological polar surface area (TPSA) is 105 Å². The lowest BCUT2D eigenvalue weighted by Gasteiger charge is -2.16. The van der Waals surface area contributed by atoms with Gasteiger partial charge in [0.05, 0.1) is 25.3 Å². The molecule has 0 bridgehead atoms. The zero-order chi connectivity index (χ0) is 15.8. The molecular weight excluding hydrogens is 304 g/mol. The highest BCUT2D eigenvalue weighted by molar-refractivity contribution is 8.00. The van der Waals surface area contributed by atoms with Crippen LogP contribution in [0.4, 0.5) is 4.79 Å². The number of carbonyl (C=O) groups is 2. The van der Waals surface area contributed by atoms with Crippen LogP contribution in [0.1, 0.15) is 25.7 Å². The third-order valence-corrected chi connectivity index (χ3v) is 5.42. The Morgan fingerprint density at radius 1 is 1.36 bits per heavy atom. The monoisotopic (exact) mass is 330 g/mol. The van der Waals surface area contributed by atoms with Gasteiger partial charge in [-0.05, 0) is 12.8 Å². The maximum absolute atomic E-state index is 11.6. The number of nitrogens with two attached hydrogens (primary N) is 1. The maximum atomic E-state index is 11.6. The summed E-state index contributed by atoms with van der Waals surface area (Å²) in [7, 11) is 0. The fourth-order valence-electron chi connectivity index (χ4n) is 2.81. The normalized spacial score (nSPS) is 26.4. The van der Waals surface area contributed by atoms with E-state index in [0.717, 1.165) is 25.0 Å². The van der Waals surface area contributed by atoms with E-state index in [-0.39, 0.29) is 24.0 Å². The number of amides is 3. The molecule has 2 saturated heterocycles. The quantitative estimate of drug-likeness (QED) is 0.328. The highest BCUT2D eigenvalue weighted by Crippen LogP contribution is 2.33. The van der Waals surface area contributed by atoms with Crippen LogP contribution in [0.25, 0.3) is 0 Å². The van der Waals surface area contributed by atoms with Crippen molar-refractivity contribution in [2.24, 2.45) is 5.73 Å². The molecule has 0 aromatic heterocycles. The van der Waals surface area contributed by atoms with E-state index < -0.39 is 0 Å². The number of nitrogens with one attached hydrogen (secondary N) is 3. The van der Waals surface area contributed by atoms with Crippen molar-refractivity contribution in [1.29, 1.82) is 0 Å². The summed E-state index contributed by atoms with van der Waals surface area (Å²) >= 11 is 1.91. The molecule has 3 unspecified atom stereocenters. The summed E-state index contributed by atoms with van der Waals surface area (Å²) in [4.78, 5) is 22.9. The van der Waals surface area contributed by atoms with Gasteiger partial charge in [0.1, 0.15) is 0 Å². The second-order valence-electron chi connectivity index (χ2n) is 5.62. The molecule has 2 rings (SSSR count). The molecule has 0 spiro atoms. The first-order valence-corrected chi connectivity index (χ1v) is 8.98. The number of ether oxygens (including phenoxy) is 1. The van der Waals surface area contributed by atoms with Crippen molar-refractivity contribution in [3.63, 3.8) is 0 Å². The average Bonchev–Trinajstić information content (AvgIpc) is 3.03. The van der Waals surface area contributed by atoms with Crippen LogP contribution in [0.3, 0.4) is 0 Å². The molecule has 2 heterocycles. The highest BCUT2D eigenvalue weighted by atomic mass is 32.2. The molecular formula is C14H26N4O3S. The van der Waals surface area contributed by atoms with Crippen molar-refractivity contribution in [2.75, 3.05) is 32.1 Å². The lowest BCUT2D eigenvalue weighted by Crippen LogP contribution is -2.36. The van der Waals surface area contributed by atoms with Crippen LogP contribution in [0.5, 0.6) is 0 Å². The summed E-state index contributed by atoms with van der Waals surface area (Å²) in [5.41, 5.74) is 5.30. The number of urea groups is 1. The lowest BCUT2D eigenvalue weighted by atomic mass is 10.0. The van der Waals surface area contributed by atoms with Crippen LogP contribution in [-0.2, 0) is 9.53 Å². The molecule has 0 saturated carbocycles. The standard InChI is InChI=1S/C14H26N4O3S/c15-5-7-21-8-6-16-12(19)4-2-1-3-11-13-10(9-22-11)17-14(20)18-13/h10-11,13H,1-9,15H2,(H,16,19)(H2,17,18,20). The minimum atomic E-state index is -0.0449. The first kappa shape index (κ1) is 17.4. The van der Waals surface area contributed by atoms with Gasteiger partial charge in [0.15, 0.2) is 0 Å². The van der Waals surface area contributed by atoms with Gasteiger partial charge in [-0.15, -0.1) is 0 Å². The van der Waals surface area contributed by atoms with Crippen molar-refractivity contribution in [1.82, 2.24) is 16.0 Å². The molecule has 0 radical (unpaired) electrons. The van der Waals surface area contributed by atoms with Crippen molar-refractivity contribution < 1.29 is 14.3 Å². The number of carbonyl (C=O) groups excluding carboxylic acids is 2. The second-order valence-corrected chi connectivity index (χ2v) is 6.89. The van der Waals surface area contributed by atoms with E-state index >= 15 is 0 Å². The number of hydrogen-bond donors (Lipinski definition) is 4. The predicted octanol–water partition coefficient (Wildman–Crippen LogP) is -0.196. The van der Waals surface area contributed by atoms with Gasteiger partial charge < -0.3 is 26.4 Å². The third kappa shape index (κ3) is 5.33. The summed E-state index contributed by atoms with van der Waals surface area (Å²) in [5.74, 6) is 1.06. The second kappa shape index (κ2) is 9.22. The first-order valence-electron chi connectivity index (χ1n) is 7.94. The van der Waals surface area contributed by atoms with E-state index in [2.05, 4.69) is 16.0 Å². The van der Waals surface area contributed by atoms with Gasteiger partial charge in [-0.25, -0.2) is 4.79 Å². The molecule has 7 nitrogen and oxygen atoms in total. The zero-order valence-corrected chi connectivity index (χ0v) is 13.6. The molecule has 2 fully saturated rings. The number of unbranched alkanes of at least 4 members (excludes halogenated alkanes) is 1. The van der Waals surface area contributed by atoms with E-state index in [1.807, 2.05) is 11.8 Å². The Balaban J connectivity index is 1.49. The summed E-state index contributed by atoms with van der Waals surface area (Å²) in [6.45, 7) is 2.09. The van der Waals surface area contributed by atoms with Gasteiger partial charge in [-0.2, -0.15) is 11.8 Å². The first-order chi connectivity index (χ1) is 10.7. The minimum Gasteiger partial charge on any atom is -0.378 e. The molecule has 3 amide bonds.